The van der Waals surface area contributed by atoms with Crippen molar-refractivity contribution in [3.8, 4) is 11.5 Å². The van der Waals surface area contributed by atoms with Crippen molar-refractivity contribution in [1.29, 1.82) is 0 Å². The van der Waals surface area contributed by atoms with Gasteiger partial charge in [-0.25, -0.2) is 9.97 Å². The van der Waals surface area contributed by atoms with E-state index in [1.807, 2.05) is 24.3 Å². The van der Waals surface area contributed by atoms with Crippen LogP contribution in [0.5, 0.6) is 11.5 Å². The summed E-state index contributed by atoms with van der Waals surface area (Å²) in [4.78, 5) is 8.33. The van der Waals surface area contributed by atoms with E-state index in [9.17, 15) is 0 Å². The molecule has 0 amide bonds. The van der Waals surface area contributed by atoms with Gasteiger partial charge >= 0.3 is 0 Å². The molecule has 0 fully saturated rings. The fraction of sp³-hybridized carbons (Fsp3) is 0.214. The molecule has 106 valence electrons. The molecule has 1 aliphatic rings. The van der Waals surface area contributed by atoms with Gasteiger partial charge in [-0.15, -0.1) is 0 Å². The summed E-state index contributed by atoms with van der Waals surface area (Å²) in [7, 11) is 0. The quantitative estimate of drug-likeness (QED) is 0.759. The highest BCUT2D eigenvalue weighted by atomic mass is 16.6. The van der Waals surface area contributed by atoms with Gasteiger partial charge < -0.3 is 14.8 Å². The van der Waals surface area contributed by atoms with Crippen LogP contribution in [0.25, 0.3) is 11.0 Å². The summed E-state index contributed by atoms with van der Waals surface area (Å²) in [6, 6.07) is 7.66. The van der Waals surface area contributed by atoms with E-state index < -0.39 is 0 Å². The molecule has 7 heteroatoms. The molecule has 3 aromatic rings. The van der Waals surface area contributed by atoms with Crippen LogP contribution in [0.15, 0.2) is 36.8 Å². The lowest BCUT2D eigenvalue weighted by atomic mass is 10.2. The van der Waals surface area contributed by atoms with Crippen molar-refractivity contribution in [3.05, 3.63) is 36.8 Å². The van der Waals surface area contributed by atoms with E-state index in [4.69, 9.17) is 9.47 Å². The molecule has 1 atom stereocenters. The second kappa shape index (κ2) is 4.93. The Hall–Kier alpha value is -2.83. The average Bonchev–Trinajstić information content (AvgIpc) is 3.02. The number of nitrogens with one attached hydrogen (secondary N) is 2. The first-order valence-electron chi connectivity index (χ1n) is 6.66. The van der Waals surface area contributed by atoms with Crippen LogP contribution < -0.4 is 14.8 Å². The molecule has 1 aromatic carbocycles. The topological polar surface area (TPSA) is 85.0 Å². The van der Waals surface area contributed by atoms with E-state index in [1.54, 1.807) is 6.20 Å². The maximum Gasteiger partial charge on any atom is 0.161 e. The number of anilines is 1. The highest BCUT2D eigenvalue weighted by Gasteiger charge is 2.20. The molecule has 2 aromatic heterocycles. The minimum Gasteiger partial charge on any atom is -0.486 e. The molecule has 0 spiro atoms. The van der Waals surface area contributed by atoms with E-state index >= 15 is 0 Å². The summed E-state index contributed by atoms with van der Waals surface area (Å²) in [6.45, 7) is 1.09. The van der Waals surface area contributed by atoms with E-state index in [2.05, 4.69) is 25.5 Å². The molecule has 0 unspecified atom stereocenters. The highest BCUT2D eigenvalue weighted by Crippen LogP contribution is 2.30. The van der Waals surface area contributed by atoms with Crippen molar-refractivity contribution in [3.63, 3.8) is 0 Å². The van der Waals surface area contributed by atoms with Crippen molar-refractivity contribution in [2.75, 3.05) is 18.5 Å². The van der Waals surface area contributed by atoms with Crippen molar-refractivity contribution in [1.82, 2.24) is 20.2 Å². The van der Waals surface area contributed by atoms with Gasteiger partial charge in [-0.1, -0.05) is 12.1 Å². The standard InChI is InChI=1S/C14H13N5O2/c1-2-4-12-11(3-1)20-7-9(21-12)5-15-13-10-6-18-19-14(10)17-8-16-13/h1-4,6,8-9H,5,7H2,(H2,15,16,17,18,19)/t9-/m0/s1. The Balaban J connectivity index is 1.47. The Kier molecular flexibility index (Phi) is 2.81. The first kappa shape index (κ1) is 12.0. The summed E-state index contributed by atoms with van der Waals surface area (Å²) < 4.78 is 11.6. The van der Waals surface area contributed by atoms with Crippen LogP contribution in [-0.4, -0.2) is 39.4 Å². The molecule has 1 aliphatic heterocycles. The monoisotopic (exact) mass is 283 g/mol. The number of fused-ring (bicyclic) bond motifs is 2. The zero-order valence-corrected chi connectivity index (χ0v) is 11.1. The zero-order valence-electron chi connectivity index (χ0n) is 11.1. The van der Waals surface area contributed by atoms with Crippen LogP contribution in [0.2, 0.25) is 0 Å². The molecule has 7 nitrogen and oxygen atoms in total. The molecular formula is C14H13N5O2. The normalized spacial score (nSPS) is 16.9. The largest absolute Gasteiger partial charge is 0.486 e. The fourth-order valence-electron chi connectivity index (χ4n) is 2.28. The second-order valence-corrected chi connectivity index (χ2v) is 4.73. The van der Waals surface area contributed by atoms with Gasteiger partial charge in [0.2, 0.25) is 0 Å². The lowest BCUT2D eigenvalue weighted by Gasteiger charge is -2.26. The Bertz CT molecular complexity index is 773. The average molecular weight is 283 g/mol. The third-order valence-electron chi connectivity index (χ3n) is 3.31. The zero-order chi connectivity index (χ0) is 14.1. The fourth-order valence-corrected chi connectivity index (χ4v) is 2.28. The lowest BCUT2D eigenvalue weighted by Crippen LogP contribution is -2.35. The van der Waals surface area contributed by atoms with Gasteiger partial charge in [-0.2, -0.15) is 5.10 Å². The summed E-state index contributed by atoms with van der Waals surface area (Å²) in [6.07, 6.45) is 3.12. The van der Waals surface area contributed by atoms with Gasteiger partial charge in [0.25, 0.3) is 0 Å². The summed E-state index contributed by atoms with van der Waals surface area (Å²) in [5.41, 5.74) is 0.707. The number of para-hydroxylation sites is 2. The van der Waals surface area contributed by atoms with Crippen molar-refractivity contribution < 1.29 is 9.47 Å². The Labute approximate surface area is 120 Å². The third kappa shape index (κ3) is 2.22. The van der Waals surface area contributed by atoms with E-state index in [0.717, 1.165) is 22.7 Å². The number of hydrogen-bond acceptors (Lipinski definition) is 6. The molecule has 3 heterocycles. The van der Waals surface area contributed by atoms with Gasteiger partial charge in [0.15, 0.2) is 17.1 Å². The van der Waals surface area contributed by atoms with Crippen LogP contribution in [0.4, 0.5) is 5.82 Å². The van der Waals surface area contributed by atoms with Crippen molar-refractivity contribution in [2.45, 2.75) is 6.10 Å². The van der Waals surface area contributed by atoms with Gasteiger partial charge in [0, 0.05) is 0 Å². The summed E-state index contributed by atoms with van der Waals surface area (Å²) in [5, 5.41) is 10.9. The molecule has 0 radical (unpaired) electrons. The van der Waals surface area contributed by atoms with E-state index in [1.165, 1.54) is 6.33 Å². The Morgan fingerprint density at radius 1 is 1.24 bits per heavy atom. The number of ether oxygens (including phenoxy) is 2. The number of nitrogens with zero attached hydrogens (tertiary/aromatic N) is 3. The SMILES string of the molecule is c1ccc2c(c1)OC[C@H](CNc1ncnc3[nH]ncc13)O2. The van der Waals surface area contributed by atoms with Gasteiger partial charge in [0.05, 0.1) is 18.1 Å². The van der Waals surface area contributed by atoms with Crippen molar-refractivity contribution in [2.24, 2.45) is 0 Å². The Morgan fingerprint density at radius 3 is 3.10 bits per heavy atom. The van der Waals surface area contributed by atoms with Crippen LogP contribution in [-0.2, 0) is 0 Å². The molecule has 2 N–H and O–H groups in total. The predicted octanol–water partition coefficient (Wildman–Crippen LogP) is 1.60. The predicted molar refractivity (Wildman–Crippen MR) is 76.5 cm³/mol. The molecular weight excluding hydrogens is 270 g/mol. The second-order valence-electron chi connectivity index (χ2n) is 4.73. The smallest absolute Gasteiger partial charge is 0.161 e. The number of benzene rings is 1. The number of aromatic amines is 1. The van der Waals surface area contributed by atoms with Gasteiger partial charge in [-0.05, 0) is 12.1 Å². The van der Waals surface area contributed by atoms with E-state index in [0.29, 0.717) is 18.8 Å². The first-order valence-corrected chi connectivity index (χ1v) is 6.66. The summed E-state index contributed by atoms with van der Waals surface area (Å²) in [5.74, 6) is 2.29. The number of hydrogen-bond donors (Lipinski definition) is 2. The van der Waals surface area contributed by atoms with Crippen LogP contribution in [0.3, 0.4) is 0 Å². The van der Waals surface area contributed by atoms with E-state index in [-0.39, 0.29) is 6.10 Å². The molecule has 4 rings (SSSR count). The number of H-pyrrole nitrogens is 1. The molecule has 0 saturated carbocycles. The minimum atomic E-state index is -0.0724. The molecule has 0 saturated heterocycles. The van der Waals surface area contributed by atoms with Gasteiger partial charge in [-0.3, -0.25) is 5.10 Å². The Morgan fingerprint density at radius 2 is 2.14 bits per heavy atom. The molecule has 21 heavy (non-hydrogen) atoms. The lowest BCUT2D eigenvalue weighted by molar-refractivity contribution is 0.0997. The summed E-state index contributed by atoms with van der Waals surface area (Å²) >= 11 is 0. The maximum atomic E-state index is 5.89. The van der Waals surface area contributed by atoms with Crippen LogP contribution in [0, 0.1) is 0 Å². The van der Waals surface area contributed by atoms with Crippen molar-refractivity contribution >= 4 is 16.9 Å². The number of rotatable bonds is 3. The third-order valence-corrected chi connectivity index (χ3v) is 3.31. The van der Waals surface area contributed by atoms with Crippen LogP contribution >= 0.6 is 0 Å². The maximum absolute atomic E-state index is 5.89. The van der Waals surface area contributed by atoms with Gasteiger partial charge in [0.1, 0.15) is 24.9 Å². The molecule has 0 aliphatic carbocycles. The number of aromatic nitrogens is 4. The van der Waals surface area contributed by atoms with Crippen LogP contribution in [0.1, 0.15) is 0 Å². The molecule has 0 bridgehead atoms. The first-order chi connectivity index (χ1) is 10.4. The highest BCUT2D eigenvalue weighted by molar-refractivity contribution is 5.85. The minimum absolute atomic E-state index is 0.0724.